The summed E-state index contributed by atoms with van der Waals surface area (Å²) in [5.41, 5.74) is -2.83. The van der Waals surface area contributed by atoms with Gasteiger partial charge in [-0.15, -0.1) is 0 Å². The van der Waals surface area contributed by atoms with Gasteiger partial charge in [-0.3, -0.25) is 9.68 Å². The normalized spacial score (nSPS) is 15.4. The van der Waals surface area contributed by atoms with Crippen molar-refractivity contribution >= 4 is 11.9 Å². The van der Waals surface area contributed by atoms with Gasteiger partial charge in [0.2, 0.25) is 5.60 Å². The van der Waals surface area contributed by atoms with Gasteiger partial charge in [0.1, 0.15) is 11.5 Å². The maximum atomic E-state index is 12.4. The predicted molar refractivity (Wildman–Crippen MR) is 80.2 cm³/mol. The van der Waals surface area contributed by atoms with E-state index in [4.69, 9.17) is 9.99 Å². The first-order valence-electron chi connectivity index (χ1n) is 7.10. The molecule has 0 heterocycles. The van der Waals surface area contributed by atoms with E-state index in [0.717, 1.165) is 0 Å². The van der Waals surface area contributed by atoms with Crippen LogP contribution < -0.4 is 0 Å². The van der Waals surface area contributed by atoms with Crippen LogP contribution in [0, 0.1) is 5.92 Å². The molecule has 7 heteroatoms. The molecule has 0 radical (unpaired) electrons. The molecule has 0 aliphatic carbocycles. The quantitative estimate of drug-likeness (QED) is 0.405. The molecule has 0 fully saturated rings. The number of aliphatic hydroxyl groups excluding tert-OH is 1. The molecule has 0 aliphatic heterocycles. The van der Waals surface area contributed by atoms with Crippen LogP contribution in [0.4, 0.5) is 0 Å². The number of rotatable bonds is 6. The molecule has 0 aromatic heterocycles. The van der Waals surface area contributed by atoms with Crippen molar-refractivity contribution in [3.63, 3.8) is 0 Å². The van der Waals surface area contributed by atoms with Crippen LogP contribution in [0.5, 0.6) is 0 Å². The highest BCUT2D eigenvalue weighted by molar-refractivity contribution is 5.87. The Labute approximate surface area is 134 Å². The second-order valence-electron chi connectivity index (χ2n) is 6.24. The first-order chi connectivity index (χ1) is 10.6. The fraction of sp³-hybridized carbons (Fsp3) is 0.500. The first kappa shape index (κ1) is 19.1. The van der Waals surface area contributed by atoms with Gasteiger partial charge in [-0.2, -0.15) is 5.26 Å². The highest BCUT2D eigenvalue weighted by Crippen LogP contribution is 2.27. The maximum Gasteiger partial charge on any atom is 0.376 e. The van der Waals surface area contributed by atoms with Gasteiger partial charge in [-0.25, -0.2) is 4.79 Å². The molecule has 0 saturated carbocycles. The van der Waals surface area contributed by atoms with Crippen molar-refractivity contribution in [1.29, 1.82) is 0 Å². The molecule has 3 N–H and O–H groups in total. The zero-order valence-electron chi connectivity index (χ0n) is 13.4. The summed E-state index contributed by atoms with van der Waals surface area (Å²) >= 11 is 0. The number of ether oxygens (including phenoxy) is 1. The van der Waals surface area contributed by atoms with Gasteiger partial charge in [-0.05, 0) is 32.8 Å². The lowest BCUT2D eigenvalue weighted by atomic mass is 9.83. The van der Waals surface area contributed by atoms with Crippen molar-refractivity contribution in [3.05, 3.63) is 35.9 Å². The Balaban J connectivity index is 3.19. The van der Waals surface area contributed by atoms with Crippen LogP contribution in [-0.2, 0) is 25.6 Å². The average Bonchev–Trinajstić information content (AvgIpc) is 2.50. The maximum absolute atomic E-state index is 12.4. The Morgan fingerprint density at radius 3 is 2.17 bits per heavy atom. The molecular weight excluding hydrogens is 304 g/mol. The van der Waals surface area contributed by atoms with Crippen molar-refractivity contribution < 1.29 is 34.7 Å². The fourth-order valence-electron chi connectivity index (χ4n) is 2.07. The van der Waals surface area contributed by atoms with Crippen molar-refractivity contribution in [2.75, 3.05) is 6.61 Å². The third kappa shape index (κ3) is 5.02. The summed E-state index contributed by atoms with van der Waals surface area (Å²) < 4.78 is 5.22. The van der Waals surface area contributed by atoms with Crippen molar-refractivity contribution in [1.82, 2.24) is 0 Å². The van der Waals surface area contributed by atoms with Crippen molar-refractivity contribution in [3.8, 4) is 0 Å². The zero-order chi connectivity index (χ0) is 17.7. The molecule has 1 aromatic rings. The summed E-state index contributed by atoms with van der Waals surface area (Å²) in [5, 5.41) is 28.4. The number of aliphatic hydroxyl groups is 2. The standard InChI is InChI=1S/C16H22O7/c1-15(2,3)22-13(18)12(9-11-7-5-4-6-8-11)16(20,10-17)14(19)23-21/h4-8,12,17,20-21H,9-10H2,1-3H3/t12-,16+/m0/s1. The van der Waals surface area contributed by atoms with Gasteiger partial charge >= 0.3 is 11.9 Å². The molecule has 23 heavy (non-hydrogen) atoms. The van der Waals surface area contributed by atoms with Crippen LogP contribution >= 0.6 is 0 Å². The topological polar surface area (TPSA) is 113 Å². The molecule has 0 bridgehead atoms. The SMILES string of the molecule is CC(C)(C)OC(=O)[C@H](Cc1ccccc1)[C@](O)(CO)C(=O)OO. The van der Waals surface area contributed by atoms with Crippen LogP contribution in [0.1, 0.15) is 26.3 Å². The molecule has 7 nitrogen and oxygen atoms in total. The minimum atomic E-state index is -2.62. The smallest absolute Gasteiger partial charge is 0.376 e. The summed E-state index contributed by atoms with van der Waals surface area (Å²) in [6.45, 7) is 3.79. The van der Waals surface area contributed by atoms with E-state index in [-0.39, 0.29) is 6.42 Å². The van der Waals surface area contributed by atoms with Crippen molar-refractivity contribution in [2.45, 2.75) is 38.4 Å². The summed E-state index contributed by atoms with van der Waals surface area (Å²) in [4.78, 5) is 27.6. The van der Waals surface area contributed by atoms with Crippen LogP contribution in [0.15, 0.2) is 30.3 Å². The molecule has 1 aromatic carbocycles. The van der Waals surface area contributed by atoms with E-state index < -0.39 is 35.7 Å². The Morgan fingerprint density at radius 1 is 1.17 bits per heavy atom. The molecule has 0 saturated heterocycles. The third-order valence-corrected chi connectivity index (χ3v) is 3.23. The van der Waals surface area contributed by atoms with E-state index in [0.29, 0.717) is 5.56 Å². The molecule has 0 aliphatic rings. The van der Waals surface area contributed by atoms with Crippen LogP contribution in [-0.4, -0.2) is 45.2 Å². The summed E-state index contributed by atoms with van der Waals surface area (Å²) in [7, 11) is 0. The Bertz CT molecular complexity index is 535. The molecular formula is C16H22O7. The van der Waals surface area contributed by atoms with Gasteiger partial charge in [0.05, 0.1) is 6.61 Å². The minimum absolute atomic E-state index is 0.0814. The third-order valence-electron chi connectivity index (χ3n) is 3.23. The molecule has 0 spiro atoms. The molecule has 128 valence electrons. The lowest BCUT2D eigenvalue weighted by Gasteiger charge is -2.32. The number of esters is 1. The van der Waals surface area contributed by atoms with Crippen LogP contribution in [0.25, 0.3) is 0 Å². The summed E-state index contributed by atoms with van der Waals surface area (Å²) in [6.07, 6.45) is -0.0814. The molecule has 0 unspecified atom stereocenters. The lowest BCUT2D eigenvalue weighted by Crippen LogP contribution is -2.54. The Morgan fingerprint density at radius 2 is 1.74 bits per heavy atom. The highest BCUT2D eigenvalue weighted by Gasteiger charge is 2.51. The monoisotopic (exact) mass is 326 g/mol. The Kier molecular flexibility index (Phi) is 6.26. The van der Waals surface area contributed by atoms with Gasteiger partial charge in [-0.1, -0.05) is 30.3 Å². The van der Waals surface area contributed by atoms with E-state index in [1.807, 2.05) is 0 Å². The van der Waals surface area contributed by atoms with Crippen molar-refractivity contribution in [2.24, 2.45) is 5.92 Å². The minimum Gasteiger partial charge on any atom is -0.460 e. The van der Waals surface area contributed by atoms with E-state index in [1.54, 1.807) is 51.1 Å². The van der Waals surface area contributed by atoms with E-state index >= 15 is 0 Å². The zero-order valence-corrected chi connectivity index (χ0v) is 13.4. The predicted octanol–water partition coefficient (Wildman–Crippen LogP) is 0.927. The number of benzene rings is 1. The molecule has 2 atom stereocenters. The first-order valence-corrected chi connectivity index (χ1v) is 7.10. The van der Waals surface area contributed by atoms with Gasteiger partial charge in [0.15, 0.2) is 0 Å². The summed E-state index contributed by atoms with van der Waals surface area (Å²) in [5.74, 6) is -3.86. The van der Waals surface area contributed by atoms with E-state index in [9.17, 15) is 19.8 Å². The second-order valence-corrected chi connectivity index (χ2v) is 6.24. The number of carbonyl (C=O) groups excluding carboxylic acids is 2. The number of carbonyl (C=O) groups is 2. The van der Waals surface area contributed by atoms with Gasteiger partial charge in [0.25, 0.3) is 0 Å². The Hall–Kier alpha value is -1.96. The van der Waals surface area contributed by atoms with Gasteiger partial charge < -0.3 is 14.9 Å². The second kappa shape index (κ2) is 7.54. The summed E-state index contributed by atoms with van der Waals surface area (Å²) in [6, 6.07) is 8.61. The molecule has 0 amide bonds. The number of hydrogen-bond donors (Lipinski definition) is 3. The molecule has 1 rings (SSSR count). The highest BCUT2D eigenvalue weighted by atomic mass is 17.1. The average molecular weight is 326 g/mol. The van der Waals surface area contributed by atoms with E-state index in [2.05, 4.69) is 4.89 Å². The van der Waals surface area contributed by atoms with Crippen LogP contribution in [0.2, 0.25) is 0 Å². The van der Waals surface area contributed by atoms with Crippen LogP contribution in [0.3, 0.4) is 0 Å². The van der Waals surface area contributed by atoms with E-state index in [1.165, 1.54) is 0 Å². The number of hydrogen-bond acceptors (Lipinski definition) is 7. The fourth-order valence-corrected chi connectivity index (χ4v) is 2.07. The lowest BCUT2D eigenvalue weighted by molar-refractivity contribution is -0.259. The largest absolute Gasteiger partial charge is 0.460 e. The van der Waals surface area contributed by atoms with Gasteiger partial charge in [0, 0.05) is 0 Å².